The highest BCUT2D eigenvalue weighted by Gasteiger charge is 2.28. The summed E-state index contributed by atoms with van der Waals surface area (Å²) in [6.07, 6.45) is 0.620. The van der Waals surface area contributed by atoms with Gasteiger partial charge in [-0.15, -0.1) is 0 Å². The molecular weight excluding hydrogens is 283 g/mol. The number of rotatable bonds is 8. The van der Waals surface area contributed by atoms with Crippen molar-refractivity contribution in [2.45, 2.75) is 25.0 Å². The van der Waals surface area contributed by atoms with Crippen LogP contribution in [0.3, 0.4) is 0 Å². The molecule has 19 heavy (non-hydrogen) atoms. The number of ether oxygens (including phenoxy) is 1. The lowest BCUT2D eigenvalue weighted by molar-refractivity contribution is -0.146. The van der Waals surface area contributed by atoms with Crippen LogP contribution < -0.4 is 4.52 Å². The van der Waals surface area contributed by atoms with Crippen LogP contribution in [0.5, 0.6) is 5.75 Å². The normalized spacial score (nSPS) is 14.3. The Hall–Kier alpha value is -0.770. The molecule has 4 nitrogen and oxygen atoms in total. The van der Waals surface area contributed by atoms with Crippen molar-refractivity contribution in [3.8, 4) is 5.75 Å². The van der Waals surface area contributed by atoms with E-state index in [0.717, 1.165) is 5.75 Å². The van der Waals surface area contributed by atoms with Gasteiger partial charge in [0.1, 0.15) is 17.1 Å². The summed E-state index contributed by atoms with van der Waals surface area (Å²) in [5, 5.41) is 0. The van der Waals surface area contributed by atoms with E-state index in [0.29, 0.717) is 13.0 Å². The minimum absolute atomic E-state index is 0.110. The van der Waals surface area contributed by atoms with Gasteiger partial charge >= 0.3 is 5.97 Å². The van der Waals surface area contributed by atoms with Crippen molar-refractivity contribution in [2.75, 3.05) is 13.2 Å². The monoisotopic (exact) mass is 302 g/mol. The summed E-state index contributed by atoms with van der Waals surface area (Å²) in [5.41, 5.74) is 0. The van der Waals surface area contributed by atoms with E-state index in [2.05, 4.69) is 12.6 Å². The SMILES string of the molecule is CCC(C)(S)C(=O)OCCOPOc1ccccc1. The molecule has 0 N–H and O–H groups in total. The fourth-order valence-corrected chi connectivity index (χ4v) is 1.61. The van der Waals surface area contributed by atoms with E-state index in [1.54, 1.807) is 6.92 Å². The molecule has 2 atom stereocenters. The molecule has 0 aliphatic carbocycles. The van der Waals surface area contributed by atoms with Crippen molar-refractivity contribution in [3.63, 3.8) is 0 Å². The van der Waals surface area contributed by atoms with Crippen LogP contribution in [0.2, 0.25) is 0 Å². The van der Waals surface area contributed by atoms with Crippen molar-refractivity contribution in [3.05, 3.63) is 30.3 Å². The van der Waals surface area contributed by atoms with Crippen LogP contribution in [0.25, 0.3) is 0 Å². The van der Waals surface area contributed by atoms with Gasteiger partial charge in [0.2, 0.25) is 9.03 Å². The molecule has 0 heterocycles. The number of para-hydroxylation sites is 1. The number of thiol groups is 1. The zero-order valence-electron chi connectivity index (χ0n) is 11.1. The van der Waals surface area contributed by atoms with Crippen LogP contribution in [0, 0.1) is 0 Å². The van der Waals surface area contributed by atoms with Crippen molar-refractivity contribution < 1.29 is 18.6 Å². The van der Waals surface area contributed by atoms with Crippen molar-refractivity contribution in [2.24, 2.45) is 0 Å². The molecular formula is C13H19O4PS. The second-order valence-electron chi connectivity index (χ2n) is 4.11. The quantitative estimate of drug-likeness (QED) is 0.346. The van der Waals surface area contributed by atoms with Crippen LogP contribution >= 0.6 is 21.7 Å². The van der Waals surface area contributed by atoms with Gasteiger partial charge in [-0.05, 0) is 25.5 Å². The number of hydrogen-bond acceptors (Lipinski definition) is 5. The first-order chi connectivity index (χ1) is 9.06. The van der Waals surface area contributed by atoms with Gasteiger partial charge in [-0.25, -0.2) is 0 Å². The molecule has 0 aliphatic heterocycles. The van der Waals surface area contributed by atoms with E-state index in [9.17, 15) is 4.79 Å². The van der Waals surface area contributed by atoms with Gasteiger partial charge in [-0.3, -0.25) is 4.79 Å². The Morgan fingerprint density at radius 1 is 1.32 bits per heavy atom. The summed E-state index contributed by atoms with van der Waals surface area (Å²) in [6, 6.07) is 9.39. The second-order valence-corrected chi connectivity index (χ2v) is 5.76. The standard InChI is InChI=1S/C13H19O4PS/c1-3-13(2,19)12(14)15-9-10-16-18-17-11-7-5-4-6-8-11/h4-8,18-19H,3,9-10H2,1-2H3. The maximum absolute atomic E-state index is 11.6. The molecule has 2 unspecified atom stereocenters. The van der Waals surface area contributed by atoms with E-state index in [-0.39, 0.29) is 21.6 Å². The van der Waals surface area contributed by atoms with Gasteiger partial charge in [-0.1, -0.05) is 25.1 Å². The third-order valence-corrected chi connectivity index (χ3v) is 3.65. The molecule has 0 bridgehead atoms. The van der Waals surface area contributed by atoms with Crippen LogP contribution in [0.15, 0.2) is 30.3 Å². The summed E-state index contributed by atoms with van der Waals surface area (Å²) in [6.45, 7) is 4.14. The van der Waals surface area contributed by atoms with E-state index < -0.39 is 4.75 Å². The Labute approximate surface area is 121 Å². The Balaban J connectivity index is 2.07. The third kappa shape index (κ3) is 6.28. The molecule has 0 spiro atoms. The Morgan fingerprint density at radius 2 is 2.00 bits per heavy atom. The first-order valence-electron chi connectivity index (χ1n) is 6.04. The smallest absolute Gasteiger partial charge is 0.321 e. The lowest BCUT2D eigenvalue weighted by Crippen LogP contribution is -2.31. The zero-order chi connectivity index (χ0) is 14.1. The molecule has 1 aromatic rings. The molecule has 1 rings (SSSR count). The van der Waals surface area contributed by atoms with Gasteiger partial charge in [0, 0.05) is 0 Å². The second kappa shape index (κ2) is 8.41. The molecule has 0 saturated carbocycles. The average Bonchev–Trinajstić information content (AvgIpc) is 2.43. The molecule has 6 heteroatoms. The first-order valence-corrected chi connectivity index (χ1v) is 7.31. The Bertz CT molecular complexity index is 383. The van der Waals surface area contributed by atoms with Crippen LogP contribution in [-0.4, -0.2) is 23.9 Å². The van der Waals surface area contributed by atoms with Gasteiger partial charge in [0.15, 0.2) is 0 Å². The maximum atomic E-state index is 11.6. The number of carbonyl (C=O) groups is 1. The van der Waals surface area contributed by atoms with Gasteiger partial charge in [0.05, 0.1) is 6.61 Å². The van der Waals surface area contributed by atoms with Crippen LogP contribution in [0.4, 0.5) is 0 Å². The lowest BCUT2D eigenvalue weighted by Gasteiger charge is -2.19. The summed E-state index contributed by atoms with van der Waals surface area (Å²) in [4.78, 5) is 11.6. The minimum Gasteiger partial charge on any atom is -0.462 e. The van der Waals surface area contributed by atoms with Crippen molar-refractivity contribution >= 4 is 27.6 Å². The average molecular weight is 302 g/mol. The summed E-state index contributed by atoms with van der Waals surface area (Å²) >= 11 is 4.23. The van der Waals surface area contributed by atoms with Crippen LogP contribution in [0.1, 0.15) is 20.3 Å². The van der Waals surface area contributed by atoms with Crippen molar-refractivity contribution in [1.29, 1.82) is 0 Å². The Kier molecular flexibility index (Phi) is 7.21. The largest absolute Gasteiger partial charge is 0.462 e. The molecule has 0 aromatic heterocycles. The molecule has 0 fully saturated rings. The minimum atomic E-state index is -0.733. The maximum Gasteiger partial charge on any atom is 0.321 e. The van der Waals surface area contributed by atoms with E-state index in [1.807, 2.05) is 37.3 Å². The predicted molar refractivity (Wildman–Crippen MR) is 80.0 cm³/mol. The summed E-state index contributed by atoms with van der Waals surface area (Å²) in [7, 11) is -0.110. The highest BCUT2D eigenvalue weighted by molar-refractivity contribution is 7.82. The predicted octanol–water partition coefficient (Wildman–Crippen LogP) is 3.23. The van der Waals surface area contributed by atoms with Gasteiger partial charge in [-0.2, -0.15) is 12.6 Å². The highest BCUT2D eigenvalue weighted by Crippen LogP contribution is 2.21. The number of benzene rings is 1. The summed E-state index contributed by atoms with van der Waals surface area (Å²) in [5.74, 6) is 0.431. The van der Waals surface area contributed by atoms with Gasteiger partial charge < -0.3 is 13.8 Å². The Morgan fingerprint density at radius 3 is 2.63 bits per heavy atom. The van der Waals surface area contributed by atoms with E-state index in [1.165, 1.54) is 0 Å². The number of carbonyl (C=O) groups excluding carboxylic acids is 1. The molecule has 0 radical (unpaired) electrons. The topological polar surface area (TPSA) is 44.8 Å². The fraction of sp³-hybridized carbons (Fsp3) is 0.462. The first kappa shape index (κ1) is 16.3. The number of esters is 1. The molecule has 1 aromatic carbocycles. The lowest BCUT2D eigenvalue weighted by atomic mass is 10.1. The molecule has 0 amide bonds. The van der Waals surface area contributed by atoms with Crippen molar-refractivity contribution in [1.82, 2.24) is 0 Å². The fourth-order valence-electron chi connectivity index (χ4n) is 1.08. The zero-order valence-corrected chi connectivity index (χ0v) is 13.0. The molecule has 0 aliphatic rings. The molecule has 106 valence electrons. The molecule has 0 saturated heterocycles. The third-order valence-electron chi connectivity index (χ3n) is 2.51. The van der Waals surface area contributed by atoms with E-state index >= 15 is 0 Å². The summed E-state index contributed by atoms with van der Waals surface area (Å²) < 4.78 is 14.9. The number of hydrogen-bond donors (Lipinski definition) is 1. The van der Waals surface area contributed by atoms with Gasteiger partial charge in [0.25, 0.3) is 0 Å². The highest BCUT2D eigenvalue weighted by atomic mass is 32.1. The van der Waals surface area contributed by atoms with E-state index in [4.69, 9.17) is 13.8 Å². The van der Waals surface area contributed by atoms with Crippen LogP contribution in [-0.2, 0) is 14.1 Å².